The molecule has 2 aromatic rings. The lowest BCUT2D eigenvalue weighted by molar-refractivity contribution is -0.159. The SMILES string of the molecule is CC(C)CC(CC(=O)C(Cc1ccccc1)NC(=O)C(N)Cc1ccccc1)C(=O)NC(CCCCN)C(=O)N1C2CC1CN(CC(=O)O)C2. The van der Waals surface area contributed by atoms with Crippen molar-refractivity contribution in [3.8, 4) is 0 Å². The first-order chi connectivity index (χ1) is 23.9. The fraction of sp³-hybridized carbons (Fsp3) is 0.553. The molecule has 12 nitrogen and oxygen atoms in total. The van der Waals surface area contributed by atoms with Crippen LogP contribution in [0.2, 0.25) is 0 Å². The van der Waals surface area contributed by atoms with Crippen LogP contribution in [-0.4, -0.2) is 101 Å². The predicted molar refractivity (Wildman–Crippen MR) is 191 cm³/mol. The van der Waals surface area contributed by atoms with Gasteiger partial charge in [-0.05, 0) is 68.5 Å². The molecule has 0 spiro atoms. The number of nitrogens with one attached hydrogen (secondary N) is 2. The molecule has 2 bridgehead atoms. The van der Waals surface area contributed by atoms with E-state index in [9.17, 15) is 29.1 Å². The molecule has 2 heterocycles. The molecule has 6 atom stereocenters. The number of ketones is 1. The maximum atomic E-state index is 14.0. The number of piperidine rings is 1. The van der Waals surface area contributed by atoms with Crippen molar-refractivity contribution in [1.29, 1.82) is 0 Å². The standard InChI is InChI=1S/C38H54N6O6/c1-25(2)17-28(36(48)41-32(15-9-10-16-39)38(50)44-29-21-30(44)23-43(22-29)24-35(46)47)20-34(45)33(19-27-13-7-4-8-14-27)42-37(49)31(40)18-26-11-5-3-6-12-26/h3-8,11-14,25,28-33H,9-10,15-24,39-40H2,1-2H3,(H,41,48)(H,42,49)(H,46,47). The molecule has 0 aromatic heterocycles. The number of carbonyl (C=O) groups excluding carboxylic acids is 4. The van der Waals surface area contributed by atoms with Crippen molar-refractivity contribution in [3.63, 3.8) is 0 Å². The number of amides is 3. The molecule has 12 heteroatoms. The number of Topliss-reactive ketones (excluding diaryl/α,β-unsaturated/α-hetero) is 1. The highest BCUT2D eigenvalue weighted by atomic mass is 16.4. The Labute approximate surface area is 295 Å². The molecule has 0 radical (unpaired) electrons. The van der Waals surface area contributed by atoms with Gasteiger partial charge in [0.1, 0.15) is 6.04 Å². The van der Waals surface area contributed by atoms with Gasteiger partial charge >= 0.3 is 5.97 Å². The van der Waals surface area contributed by atoms with Crippen molar-refractivity contribution >= 4 is 29.5 Å². The molecule has 2 aromatic carbocycles. The number of fused-ring (bicyclic) bond motifs is 2. The molecule has 4 rings (SSSR count). The Hall–Kier alpha value is -4.13. The van der Waals surface area contributed by atoms with Gasteiger partial charge in [-0.25, -0.2) is 0 Å². The summed E-state index contributed by atoms with van der Waals surface area (Å²) < 4.78 is 0. The molecule has 7 N–H and O–H groups in total. The first kappa shape index (κ1) is 38.7. The van der Waals surface area contributed by atoms with Crippen LogP contribution in [0.4, 0.5) is 0 Å². The van der Waals surface area contributed by atoms with Gasteiger partial charge in [0.05, 0.1) is 18.6 Å². The van der Waals surface area contributed by atoms with Crippen LogP contribution in [0, 0.1) is 11.8 Å². The highest BCUT2D eigenvalue weighted by molar-refractivity contribution is 5.95. The van der Waals surface area contributed by atoms with Crippen molar-refractivity contribution in [2.45, 2.75) is 95.4 Å². The van der Waals surface area contributed by atoms with E-state index in [4.69, 9.17) is 11.5 Å². The van der Waals surface area contributed by atoms with Crippen molar-refractivity contribution in [1.82, 2.24) is 20.4 Å². The molecular weight excluding hydrogens is 636 g/mol. The first-order valence-electron chi connectivity index (χ1n) is 17.9. The lowest BCUT2D eigenvalue weighted by atomic mass is 9.85. The molecule has 3 amide bonds. The third kappa shape index (κ3) is 11.2. The van der Waals surface area contributed by atoms with Gasteiger partial charge in [0.15, 0.2) is 5.78 Å². The Bertz CT molecular complexity index is 1430. The van der Waals surface area contributed by atoms with Gasteiger partial charge < -0.3 is 32.1 Å². The molecule has 2 fully saturated rings. The number of aliphatic carboxylic acids is 1. The van der Waals surface area contributed by atoms with Gasteiger partial charge in [-0.3, -0.25) is 28.9 Å². The smallest absolute Gasteiger partial charge is 0.317 e. The number of rotatable bonds is 20. The second kappa shape index (κ2) is 18.7. The molecule has 0 aliphatic carbocycles. The number of carboxylic acid groups (broad SMARTS) is 1. The average Bonchev–Trinajstić information content (AvgIpc) is 3.07. The monoisotopic (exact) mass is 690 g/mol. The van der Waals surface area contributed by atoms with E-state index in [1.54, 1.807) is 4.90 Å². The van der Waals surface area contributed by atoms with Crippen molar-refractivity contribution in [2.75, 3.05) is 26.2 Å². The molecule has 50 heavy (non-hydrogen) atoms. The quantitative estimate of drug-likeness (QED) is 0.129. The van der Waals surface area contributed by atoms with Crippen LogP contribution < -0.4 is 22.1 Å². The van der Waals surface area contributed by atoms with Crippen LogP contribution in [0.1, 0.15) is 63.5 Å². The van der Waals surface area contributed by atoms with Crippen LogP contribution in [0.3, 0.4) is 0 Å². The van der Waals surface area contributed by atoms with Crippen molar-refractivity contribution in [3.05, 3.63) is 71.8 Å². The van der Waals surface area contributed by atoms with Crippen LogP contribution in [0.5, 0.6) is 0 Å². The summed E-state index contributed by atoms with van der Waals surface area (Å²) in [6.07, 6.45) is 3.41. The molecule has 2 aliphatic heterocycles. The van der Waals surface area contributed by atoms with E-state index >= 15 is 0 Å². The highest BCUT2D eigenvalue weighted by Gasteiger charge is 2.49. The second-order valence-corrected chi connectivity index (χ2v) is 14.3. The summed E-state index contributed by atoms with van der Waals surface area (Å²) in [5.41, 5.74) is 13.8. The molecule has 2 saturated heterocycles. The molecule has 0 saturated carbocycles. The Balaban J connectivity index is 1.47. The minimum atomic E-state index is -0.901. The zero-order valence-corrected chi connectivity index (χ0v) is 29.3. The summed E-state index contributed by atoms with van der Waals surface area (Å²) >= 11 is 0. The number of nitrogens with two attached hydrogens (primary N) is 2. The van der Waals surface area contributed by atoms with E-state index < -0.39 is 35.9 Å². The molecule has 6 unspecified atom stereocenters. The lowest BCUT2D eigenvalue weighted by Crippen LogP contribution is -2.72. The third-order valence-corrected chi connectivity index (χ3v) is 9.64. The van der Waals surface area contributed by atoms with E-state index in [1.165, 1.54) is 0 Å². The average molecular weight is 691 g/mol. The largest absolute Gasteiger partial charge is 0.480 e. The summed E-state index contributed by atoms with van der Waals surface area (Å²) in [5, 5.41) is 15.1. The minimum absolute atomic E-state index is 0.0682. The normalized spacial score (nSPS) is 19.5. The number of piperazine rings is 1. The maximum Gasteiger partial charge on any atom is 0.317 e. The predicted octanol–water partition coefficient (Wildman–Crippen LogP) is 1.89. The highest BCUT2D eigenvalue weighted by Crippen LogP contribution is 2.33. The van der Waals surface area contributed by atoms with Gasteiger partial charge in [-0.1, -0.05) is 74.5 Å². The minimum Gasteiger partial charge on any atom is -0.480 e. The number of carbonyl (C=O) groups is 5. The van der Waals surface area contributed by atoms with Crippen LogP contribution in [-0.2, 0) is 36.8 Å². The van der Waals surface area contributed by atoms with Crippen LogP contribution in [0.15, 0.2) is 60.7 Å². The van der Waals surface area contributed by atoms with Gasteiger partial charge in [0.2, 0.25) is 17.7 Å². The van der Waals surface area contributed by atoms with E-state index in [0.717, 1.165) is 17.5 Å². The summed E-state index contributed by atoms with van der Waals surface area (Å²) in [5.74, 6) is -2.81. The lowest BCUT2D eigenvalue weighted by Gasteiger charge is -2.56. The summed E-state index contributed by atoms with van der Waals surface area (Å²) in [6, 6.07) is 16.1. The number of hydrogen-bond donors (Lipinski definition) is 5. The fourth-order valence-electron chi connectivity index (χ4n) is 7.17. The molecular formula is C38H54N6O6. The number of unbranched alkanes of at least 4 members (excludes halogenated alkanes) is 1. The number of carboxylic acids is 1. The maximum absolute atomic E-state index is 14.0. The summed E-state index contributed by atoms with van der Waals surface area (Å²) in [6.45, 7) is 5.30. The van der Waals surface area contributed by atoms with E-state index in [-0.39, 0.29) is 55.0 Å². The Kier molecular flexibility index (Phi) is 14.5. The number of benzene rings is 2. The van der Waals surface area contributed by atoms with Crippen LogP contribution >= 0.6 is 0 Å². The zero-order valence-electron chi connectivity index (χ0n) is 29.3. The van der Waals surface area contributed by atoms with Crippen molar-refractivity contribution in [2.24, 2.45) is 23.3 Å². The number of nitrogens with zero attached hydrogens (tertiary/aromatic N) is 2. The molecule has 272 valence electrons. The zero-order chi connectivity index (χ0) is 36.2. The van der Waals surface area contributed by atoms with Crippen LogP contribution in [0.25, 0.3) is 0 Å². The topological polar surface area (TPSA) is 188 Å². The van der Waals surface area contributed by atoms with E-state index in [2.05, 4.69) is 10.6 Å². The van der Waals surface area contributed by atoms with E-state index in [0.29, 0.717) is 51.7 Å². The second-order valence-electron chi connectivity index (χ2n) is 14.3. The Morgan fingerprint density at radius 2 is 1.42 bits per heavy atom. The molecule has 2 aliphatic rings. The fourth-order valence-corrected chi connectivity index (χ4v) is 7.17. The van der Waals surface area contributed by atoms with Crippen molar-refractivity contribution < 1.29 is 29.1 Å². The Morgan fingerprint density at radius 1 is 0.840 bits per heavy atom. The van der Waals surface area contributed by atoms with Gasteiger partial charge in [-0.2, -0.15) is 0 Å². The number of hydrogen-bond acceptors (Lipinski definition) is 8. The van der Waals surface area contributed by atoms with E-state index in [1.807, 2.05) is 79.4 Å². The van der Waals surface area contributed by atoms with Gasteiger partial charge in [0.25, 0.3) is 0 Å². The summed E-state index contributed by atoms with van der Waals surface area (Å²) in [4.78, 5) is 70.1. The van der Waals surface area contributed by atoms with Gasteiger partial charge in [-0.15, -0.1) is 0 Å². The summed E-state index contributed by atoms with van der Waals surface area (Å²) in [7, 11) is 0. The first-order valence-corrected chi connectivity index (χ1v) is 17.9. The number of likely N-dealkylation sites (tertiary alicyclic amines) is 2. The Morgan fingerprint density at radius 3 is 1.98 bits per heavy atom. The third-order valence-electron chi connectivity index (χ3n) is 9.64. The van der Waals surface area contributed by atoms with Gasteiger partial charge in [0, 0.05) is 37.5 Å².